The highest BCUT2D eigenvalue weighted by Gasteiger charge is 2.53. The number of carbonyl (C=O) groups is 1. The van der Waals surface area contributed by atoms with Gasteiger partial charge in [-0.15, -0.1) is 5.10 Å². The molecule has 0 radical (unpaired) electrons. The number of methoxy groups -OCH3 is 1. The molecular formula is C60H96N6O12. The van der Waals surface area contributed by atoms with Crippen LogP contribution in [-0.2, 0) is 52.7 Å². The second-order valence-corrected chi connectivity index (χ2v) is 24.5. The Morgan fingerprint density at radius 2 is 1.56 bits per heavy atom. The van der Waals surface area contributed by atoms with Gasteiger partial charge < -0.3 is 63.8 Å². The maximum atomic E-state index is 14.5. The molecule has 0 spiro atoms. The highest BCUT2D eigenvalue weighted by molar-refractivity contribution is 5.73. The maximum absolute atomic E-state index is 14.5. The number of aromatic nitrogens is 3. The van der Waals surface area contributed by atoms with Crippen molar-refractivity contribution in [2.24, 2.45) is 17.8 Å². The molecule has 18 atom stereocenters. The number of likely N-dealkylation sites (N-methyl/N-ethyl adjacent to an activating group) is 2. The number of aliphatic hydroxyl groups is 5. The molecule has 1 aromatic heterocycles. The highest BCUT2D eigenvalue weighted by Crippen LogP contribution is 2.41. The number of anilines is 1. The molecule has 4 aliphatic heterocycles. The van der Waals surface area contributed by atoms with Crippen molar-refractivity contribution >= 4 is 11.7 Å². The van der Waals surface area contributed by atoms with Crippen LogP contribution in [-0.4, -0.2) is 187 Å². The quantitative estimate of drug-likeness (QED) is 0.0736. The van der Waals surface area contributed by atoms with Gasteiger partial charge in [-0.1, -0.05) is 81.3 Å². The Bertz CT molecular complexity index is 2360. The Hall–Kier alpha value is -3.63. The smallest absolute Gasteiger partial charge is 0.311 e. The summed E-state index contributed by atoms with van der Waals surface area (Å²) in [6, 6.07) is 16.0. The second-order valence-electron chi connectivity index (χ2n) is 24.5. The standard InChI is InChI=1S/C60H96N6O12/c1-14-49-60(10,72)53(68)41(6)63(11)34-37(2)32-58(8,71)55(39(4)52(40(5)56(70)76-49)77-50-33-59(9,73-13)54(69)42(7)75-50)78-57-51(67)48(31-38(3)74-57)64(12)35-43-23-25-44(26-24-43)46-36-66(62-61-46)29-20-16-15-19-28-65-30-27-45-21-17-18-22-47(45)65/h17-18,21-26,36-42,48-55,57,67-69,71-72H,14-16,19-20,27-35H2,1-13H3/t37-,38-,39+,40-,41-,42+,48+,49-,50+,51-,52+,53-,54+,55-,57+,58-,59-,60-/m1/s1. The molecule has 438 valence electrons. The number of rotatable bonds is 17. The summed E-state index contributed by atoms with van der Waals surface area (Å²) in [5.74, 6) is -2.74. The summed E-state index contributed by atoms with van der Waals surface area (Å²) in [6.07, 6.45) is -1.22. The maximum Gasteiger partial charge on any atom is 0.311 e. The average Bonchev–Trinajstić information content (AvgIpc) is 4.09. The number of unbranched alkanes of at least 4 members (excludes halogenated alkanes) is 3. The molecule has 0 aliphatic carbocycles. The molecule has 0 saturated carbocycles. The van der Waals surface area contributed by atoms with Gasteiger partial charge in [0.15, 0.2) is 12.6 Å². The van der Waals surface area contributed by atoms with Gasteiger partial charge in [0, 0.05) is 75.5 Å². The minimum atomic E-state index is -1.83. The van der Waals surface area contributed by atoms with Gasteiger partial charge in [-0.25, -0.2) is 0 Å². The zero-order chi connectivity index (χ0) is 56.9. The highest BCUT2D eigenvalue weighted by atomic mass is 16.7. The molecule has 5 N–H and O–H groups in total. The third-order valence-electron chi connectivity index (χ3n) is 17.9. The summed E-state index contributed by atoms with van der Waals surface area (Å²) < 4.78 is 40.5. The number of ether oxygens (including phenoxy) is 6. The van der Waals surface area contributed by atoms with Crippen molar-refractivity contribution in [1.29, 1.82) is 0 Å². The van der Waals surface area contributed by atoms with E-state index in [0.717, 1.165) is 55.7 Å². The topological polar surface area (TPSA) is 214 Å². The summed E-state index contributed by atoms with van der Waals surface area (Å²) in [5, 5.41) is 68.9. The predicted octanol–water partition coefficient (Wildman–Crippen LogP) is 6.35. The van der Waals surface area contributed by atoms with Crippen molar-refractivity contribution in [2.75, 3.05) is 45.7 Å². The van der Waals surface area contributed by atoms with E-state index in [9.17, 15) is 30.3 Å². The molecule has 4 aliphatic rings. The molecule has 0 unspecified atom stereocenters. The number of para-hydroxylation sites is 1. The monoisotopic (exact) mass is 1090 g/mol. The number of fused-ring (bicyclic) bond motifs is 1. The molecule has 0 bridgehead atoms. The fraction of sp³-hybridized carbons (Fsp3) is 0.750. The summed E-state index contributed by atoms with van der Waals surface area (Å²) in [5.41, 5.74) is 1.17. The Morgan fingerprint density at radius 3 is 2.26 bits per heavy atom. The second kappa shape index (κ2) is 26.5. The first-order chi connectivity index (χ1) is 36.9. The van der Waals surface area contributed by atoms with Crippen LogP contribution in [0.4, 0.5) is 5.69 Å². The number of nitrogens with zero attached hydrogens (tertiary/aromatic N) is 6. The van der Waals surface area contributed by atoms with Crippen LogP contribution in [0.1, 0.15) is 132 Å². The van der Waals surface area contributed by atoms with Crippen molar-refractivity contribution in [3.63, 3.8) is 0 Å². The molecule has 2 aromatic carbocycles. The predicted molar refractivity (Wildman–Crippen MR) is 298 cm³/mol. The Kier molecular flexibility index (Phi) is 21.1. The zero-order valence-electron chi connectivity index (χ0n) is 49.0. The van der Waals surface area contributed by atoms with E-state index in [2.05, 4.69) is 68.6 Å². The van der Waals surface area contributed by atoms with E-state index in [1.54, 1.807) is 34.6 Å². The number of aliphatic hydroxyl groups excluding tert-OH is 3. The fourth-order valence-electron chi connectivity index (χ4n) is 13.0. The summed E-state index contributed by atoms with van der Waals surface area (Å²) in [6.45, 7) is 21.7. The first-order valence-corrected chi connectivity index (χ1v) is 29.0. The average molecular weight is 1090 g/mol. The van der Waals surface area contributed by atoms with Crippen LogP contribution < -0.4 is 4.90 Å². The van der Waals surface area contributed by atoms with Gasteiger partial charge in [0.1, 0.15) is 35.7 Å². The van der Waals surface area contributed by atoms with Gasteiger partial charge in [0.05, 0.1) is 47.7 Å². The van der Waals surface area contributed by atoms with E-state index in [1.807, 2.05) is 57.6 Å². The van der Waals surface area contributed by atoms with Gasteiger partial charge in [0.25, 0.3) is 0 Å². The van der Waals surface area contributed by atoms with Crippen LogP contribution >= 0.6 is 0 Å². The Labute approximate surface area is 464 Å². The zero-order valence-corrected chi connectivity index (χ0v) is 49.0. The van der Waals surface area contributed by atoms with Crippen LogP contribution in [0.2, 0.25) is 0 Å². The lowest BCUT2D eigenvalue weighted by molar-refractivity contribution is -0.318. The van der Waals surface area contributed by atoms with Crippen molar-refractivity contribution in [3.8, 4) is 11.3 Å². The van der Waals surface area contributed by atoms with Crippen molar-refractivity contribution in [3.05, 3.63) is 65.9 Å². The van der Waals surface area contributed by atoms with Gasteiger partial charge in [-0.2, -0.15) is 0 Å². The summed E-state index contributed by atoms with van der Waals surface area (Å²) in [4.78, 5) is 21.1. The van der Waals surface area contributed by atoms with Gasteiger partial charge >= 0.3 is 5.97 Å². The number of cyclic esters (lactones) is 1. The van der Waals surface area contributed by atoms with Gasteiger partial charge in [-0.3, -0.25) is 14.4 Å². The number of benzene rings is 2. The molecule has 78 heavy (non-hydrogen) atoms. The van der Waals surface area contributed by atoms with Crippen molar-refractivity contribution in [1.82, 2.24) is 24.8 Å². The Morgan fingerprint density at radius 1 is 0.872 bits per heavy atom. The molecule has 3 aromatic rings. The van der Waals surface area contributed by atoms with Crippen LogP contribution in [0, 0.1) is 17.8 Å². The molecule has 18 nitrogen and oxygen atoms in total. The molecule has 3 fully saturated rings. The molecule has 18 heteroatoms. The lowest BCUT2D eigenvalue weighted by Crippen LogP contribution is -2.60. The molecule has 3 saturated heterocycles. The van der Waals surface area contributed by atoms with Crippen LogP contribution in [0.25, 0.3) is 11.3 Å². The van der Waals surface area contributed by atoms with E-state index in [1.165, 1.54) is 38.1 Å². The Balaban J connectivity index is 1.05. The van der Waals surface area contributed by atoms with Crippen LogP contribution in [0.15, 0.2) is 54.7 Å². The molecular weight excluding hydrogens is 997 g/mol. The molecule has 0 amide bonds. The van der Waals surface area contributed by atoms with Gasteiger partial charge in [-0.05, 0) is 124 Å². The fourth-order valence-corrected chi connectivity index (χ4v) is 13.0. The third-order valence-corrected chi connectivity index (χ3v) is 17.9. The minimum Gasteiger partial charge on any atom is -0.459 e. The normalized spacial score (nSPS) is 37.7. The number of esters is 1. The third kappa shape index (κ3) is 14.5. The van der Waals surface area contributed by atoms with E-state index in [-0.39, 0.29) is 31.3 Å². The SMILES string of the molecule is CC[C@H]1OC(=O)[C@H](C)[C@@H](O[C@H]2C[C@@](C)(OC)[C@@H](O)[C@H](C)O2)[C@H](C)[C@@H](O[C@@H]2O[C@H](C)C[C@H](N(C)Cc3ccc(-c4cn(CCCCCCN5CCc6ccccc65)nn4)cc3)[C@H]2O)[C@](C)(O)C[C@@H](C)CN(C)[C@H](C)[C@@H](O)[C@]1(C)O. The first-order valence-electron chi connectivity index (χ1n) is 29.0. The minimum absolute atomic E-state index is 0.110. The van der Waals surface area contributed by atoms with Gasteiger partial charge in [0.2, 0.25) is 0 Å². The van der Waals surface area contributed by atoms with E-state index in [0.29, 0.717) is 19.5 Å². The lowest BCUT2D eigenvalue weighted by atomic mass is 9.77. The number of hydrogen-bond acceptors (Lipinski definition) is 17. The number of carbonyl (C=O) groups excluding carboxylic acids is 1. The molecule has 5 heterocycles. The first kappa shape index (κ1) is 62.0. The lowest BCUT2D eigenvalue weighted by Gasteiger charge is -2.49. The van der Waals surface area contributed by atoms with Crippen LogP contribution in [0.3, 0.4) is 0 Å². The summed E-state index contributed by atoms with van der Waals surface area (Å²) >= 11 is 0. The van der Waals surface area contributed by atoms with E-state index >= 15 is 0 Å². The molecule has 7 rings (SSSR count). The number of aryl methyl sites for hydroxylation is 1. The van der Waals surface area contributed by atoms with E-state index < -0.39 is 102 Å². The van der Waals surface area contributed by atoms with Crippen LogP contribution in [0.5, 0.6) is 0 Å². The summed E-state index contributed by atoms with van der Waals surface area (Å²) in [7, 11) is 5.34. The number of hydrogen-bond donors (Lipinski definition) is 5. The largest absolute Gasteiger partial charge is 0.459 e. The van der Waals surface area contributed by atoms with E-state index in [4.69, 9.17) is 28.4 Å². The van der Waals surface area contributed by atoms with Crippen molar-refractivity contribution in [2.45, 2.75) is 230 Å². The van der Waals surface area contributed by atoms with Crippen molar-refractivity contribution < 1.29 is 58.7 Å².